The monoisotopic (exact) mass is 649 g/mol. The summed E-state index contributed by atoms with van der Waals surface area (Å²) in [4.78, 5) is 39.6. The van der Waals surface area contributed by atoms with Crippen LogP contribution in [0, 0.1) is 5.41 Å². The van der Waals surface area contributed by atoms with Gasteiger partial charge < -0.3 is 37.6 Å². The van der Waals surface area contributed by atoms with E-state index in [1.54, 1.807) is 14.2 Å². The minimum Gasteiger partial charge on any atom is -0.462 e. The molecule has 2 amide bonds. The van der Waals surface area contributed by atoms with E-state index in [-0.39, 0.29) is 24.5 Å². The van der Waals surface area contributed by atoms with E-state index in [0.29, 0.717) is 24.0 Å². The average molecular weight is 650 g/mol. The summed E-state index contributed by atoms with van der Waals surface area (Å²) in [5.74, 6) is -2.45. The van der Waals surface area contributed by atoms with Crippen LogP contribution in [-0.4, -0.2) is 117 Å². The number of carbonyl (C=O) groups is 3. The first-order chi connectivity index (χ1) is 19.7. The van der Waals surface area contributed by atoms with Crippen LogP contribution in [0.1, 0.15) is 41.0 Å². The predicted octanol–water partition coefficient (Wildman–Crippen LogP) is 4.40. The molecule has 0 N–H and O–H groups in total. The number of nitrogens with zero attached hydrogens (tertiary/aromatic N) is 1. The van der Waals surface area contributed by atoms with Crippen molar-refractivity contribution in [1.29, 1.82) is 0 Å². The van der Waals surface area contributed by atoms with Crippen molar-refractivity contribution in [2.24, 2.45) is 5.41 Å². The molecule has 2 fully saturated rings. The van der Waals surface area contributed by atoms with E-state index in [9.17, 15) is 14.4 Å². The van der Waals surface area contributed by atoms with Crippen LogP contribution in [-0.2, 0) is 47.2 Å². The Balaban J connectivity index is 2.40. The van der Waals surface area contributed by atoms with Gasteiger partial charge in [-0.05, 0) is 24.2 Å². The van der Waals surface area contributed by atoms with Gasteiger partial charge in [-0.15, -0.1) is 0 Å². The molecule has 0 saturated carbocycles. The fraction of sp³-hybridized carbons (Fsp3) is 0.897. The lowest BCUT2D eigenvalue weighted by Gasteiger charge is -2.55. The highest BCUT2D eigenvalue weighted by atomic mass is 28.4. The highest BCUT2D eigenvalue weighted by Crippen LogP contribution is 2.45. The molecule has 0 radical (unpaired) electrons. The molecule has 6 atom stereocenters. The lowest BCUT2D eigenvalue weighted by molar-refractivity contribution is -0.342. The van der Waals surface area contributed by atoms with Crippen LogP contribution in [0.2, 0.25) is 43.8 Å². The summed E-state index contributed by atoms with van der Waals surface area (Å²) in [6.07, 6.45) is -4.94. The number of imide groups is 1. The molecule has 0 aromatic heterocycles. The summed E-state index contributed by atoms with van der Waals surface area (Å²) in [5, 5.41) is 0.0313. The maximum absolute atomic E-state index is 13.4. The van der Waals surface area contributed by atoms with Gasteiger partial charge in [0, 0.05) is 34.1 Å². The third-order valence-corrected chi connectivity index (χ3v) is 15.1. The zero-order valence-corrected chi connectivity index (χ0v) is 30.4. The molecule has 2 rings (SSSR count). The first kappa shape index (κ1) is 37.8. The second-order valence-electron chi connectivity index (χ2n) is 14.6. The Hall–Kier alpha value is -1.40. The van der Waals surface area contributed by atoms with Crippen molar-refractivity contribution in [3.8, 4) is 0 Å². The van der Waals surface area contributed by atoms with E-state index in [4.69, 9.17) is 32.8 Å². The first-order valence-electron chi connectivity index (χ1n) is 14.9. The van der Waals surface area contributed by atoms with Gasteiger partial charge in [0.1, 0.15) is 19.0 Å². The van der Waals surface area contributed by atoms with Gasteiger partial charge in [0.2, 0.25) is 0 Å². The first-order valence-corrected chi connectivity index (χ1v) is 21.5. The zero-order valence-electron chi connectivity index (χ0n) is 28.4. The number of hydrogen-bond donors (Lipinski definition) is 0. The SMILES string of the molecule is COC(=O)C(=O)N(C(=O)OCC[Si](C)(C)C)[C@H]1OCO[C@H]2[C@@H]1O[C@H](C[C@@H](CO[Si](C)(C)C(C)(C)C)OC)C(C)(C)[C@@H]2OC. The predicted molar refractivity (Wildman–Crippen MR) is 165 cm³/mol. The lowest BCUT2D eigenvalue weighted by Crippen LogP contribution is -2.69. The van der Waals surface area contributed by atoms with Gasteiger partial charge in [-0.2, -0.15) is 0 Å². The molecular formula is C29H55NO11Si2. The molecule has 14 heteroatoms. The van der Waals surface area contributed by atoms with E-state index >= 15 is 0 Å². The van der Waals surface area contributed by atoms with Crippen molar-refractivity contribution in [2.45, 2.75) is 122 Å². The molecular weight excluding hydrogens is 594 g/mol. The third kappa shape index (κ3) is 9.31. The summed E-state index contributed by atoms with van der Waals surface area (Å²) >= 11 is 0. The molecule has 0 aliphatic carbocycles. The van der Waals surface area contributed by atoms with Crippen molar-refractivity contribution in [3.63, 3.8) is 0 Å². The number of hydrogen-bond acceptors (Lipinski definition) is 11. The molecule has 2 aliphatic heterocycles. The summed E-state index contributed by atoms with van der Waals surface area (Å²) in [6, 6.07) is 0.674. The van der Waals surface area contributed by atoms with Crippen molar-refractivity contribution < 1.29 is 52.0 Å². The quantitative estimate of drug-likeness (QED) is 0.180. The van der Waals surface area contributed by atoms with Crippen molar-refractivity contribution in [2.75, 3.05) is 41.3 Å². The number of esters is 1. The summed E-state index contributed by atoms with van der Waals surface area (Å²) in [5.41, 5.74) is -0.583. The fourth-order valence-corrected chi connectivity index (χ4v) is 6.68. The lowest BCUT2D eigenvalue weighted by atomic mass is 9.72. The molecule has 0 spiro atoms. The molecule has 2 heterocycles. The Labute approximate surface area is 259 Å². The van der Waals surface area contributed by atoms with Gasteiger partial charge in [0.15, 0.2) is 14.5 Å². The minimum atomic E-state index is -2.04. The Morgan fingerprint density at radius 1 is 1.00 bits per heavy atom. The van der Waals surface area contributed by atoms with Gasteiger partial charge in [-0.25, -0.2) is 14.5 Å². The van der Waals surface area contributed by atoms with E-state index < -0.39 is 70.4 Å². The fourth-order valence-electron chi connectivity index (χ4n) is 4.93. The largest absolute Gasteiger partial charge is 0.462 e. The Bertz CT molecular complexity index is 963. The van der Waals surface area contributed by atoms with Crippen LogP contribution in [0.25, 0.3) is 0 Å². The van der Waals surface area contributed by atoms with Crippen molar-refractivity contribution >= 4 is 34.4 Å². The smallest absolute Gasteiger partial charge is 0.419 e. The van der Waals surface area contributed by atoms with Crippen LogP contribution in [0.15, 0.2) is 0 Å². The molecule has 2 saturated heterocycles. The van der Waals surface area contributed by atoms with Crippen LogP contribution in [0.4, 0.5) is 4.79 Å². The number of fused-ring (bicyclic) bond motifs is 1. The van der Waals surface area contributed by atoms with E-state index in [2.05, 4.69) is 58.2 Å². The minimum absolute atomic E-state index is 0.0313. The Morgan fingerprint density at radius 3 is 2.14 bits per heavy atom. The molecule has 12 nitrogen and oxygen atoms in total. The van der Waals surface area contributed by atoms with Gasteiger partial charge in [0.25, 0.3) is 0 Å². The van der Waals surface area contributed by atoms with Gasteiger partial charge in [-0.3, -0.25) is 4.79 Å². The van der Waals surface area contributed by atoms with Crippen LogP contribution in [0.3, 0.4) is 0 Å². The summed E-state index contributed by atoms with van der Waals surface area (Å²) in [7, 11) is 0.679. The molecule has 0 unspecified atom stereocenters. The molecule has 250 valence electrons. The maximum atomic E-state index is 13.4. The summed E-state index contributed by atoms with van der Waals surface area (Å²) in [6.45, 7) is 21.6. The van der Waals surface area contributed by atoms with Crippen molar-refractivity contribution in [1.82, 2.24) is 4.90 Å². The van der Waals surface area contributed by atoms with Gasteiger partial charge >= 0.3 is 18.0 Å². The van der Waals surface area contributed by atoms with E-state index in [1.165, 1.54) is 0 Å². The second-order valence-corrected chi connectivity index (χ2v) is 25.1. The number of amides is 2. The Morgan fingerprint density at radius 2 is 1.63 bits per heavy atom. The molecule has 43 heavy (non-hydrogen) atoms. The third-order valence-electron chi connectivity index (χ3n) is 8.90. The Kier molecular flexibility index (Phi) is 13.0. The van der Waals surface area contributed by atoms with E-state index in [1.807, 2.05) is 13.8 Å². The highest BCUT2D eigenvalue weighted by molar-refractivity contribution is 6.76. The number of methoxy groups -OCH3 is 3. The van der Waals surface area contributed by atoms with Crippen LogP contribution in [0.5, 0.6) is 0 Å². The topological polar surface area (TPSA) is 128 Å². The highest BCUT2D eigenvalue weighted by Gasteiger charge is 2.58. The van der Waals surface area contributed by atoms with E-state index in [0.717, 1.165) is 7.11 Å². The standard InChI is InChI=1S/C29H55NO11Si2/c1-28(2,3)43(12,13)40-17-19(34-6)16-20-29(4,5)23(35-7)21-22(41-20)25(39-18-38-21)30(24(31)26(32)36-8)27(33)37-14-15-42(9,10)11/h19-23,25H,14-18H2,1-13H3/t19-,20+,21-,22-,23+,25-/m0/s1. The average Bonchev–Trinajstić information content (AvgIpc) is 2.89. The number of carbonyl (C=O) groups excluding carboxylic acids is 3. The molecule has 2 aliphatic rings. The maximum Gasteiger partial charge on any atom is 0.419 e. The normalized spacial score (nSPS) is 26.7. The zero-order chi connectivity index (χ0) is 33.0. The molecule has 0 aromatic carbocycles. The number of ether oxygens (including phenoxy) is 7. The van der Waals surface area contributed by atoms with Crippen molar-refractivity contribution in [3.05, 3.63) is 0 Å². The number of rotatable bonds is 11. The van der Waals surface area contributed by atoms with Gasteiger partial charge in [0.05, 0.1) is 38.6 Å². The van der Waals surface area contributed by atoms with Crippen LogP contribution < -0.4 is 0 Å². The van der Waals surface area contributed by atoms with Gasteiger partial charge in [-0.1, -0.05) is 54.3 Å². The van der Waals surface area contributed by atoms with Crippen LogP contribution >= 0.6 is 0 Å². The summed E-state index contributed by atoms with van der Waals surface area (Å²) < 4.78 is 46.8. The second kappa shape index (κ2) is 14.8. The molecule has 0 aromatic rings. The molecule has 0 bridgehead atoms.